The molecule has 0 heterocycles. The van der Waals surface area contributed by atoms with Gasteiger partial charge in [-0.05, 0) is 23.3 Å². The third-order valence-electron chi connectivity index (χ3n) is 4.46. The lowest BCUT2D eigenvalue weighted by Gasteiger charge is -2.22. The Kier molecular flexibility index (Phi) is 6.53. The van der Waals surface area contributed by atoms with Gasteiger partial charge in [-0.2, -0.15) is 0 Å². The summed E-state index contributed by atoms with van der Waals surface area (Å²) in [4.78, 5) is 13.5. The highest BCUT2D eigenvalue weighted by atomic mass is 32.1. The molecule has 4 nitrogen and oxygen atoms in total. The number of ketones is 1. The zero-order chi connectivity index (χ0) is 19.9. The Hall–Kier alpha value is -3.02. The summed E-state index contributed by atoms with van der Waals surface area (Å²) < 4.78 is 5.28. The number of anilines is 1. The van der Waals surface area contributed by atoms with E-state index in [0.717, 1.165) is 16.8 Å². The van der Waals surface area contributed by atoms with Crippen molar-refractivity contribution < 1.29 is 9.53 Å². The van der Waals surface area contributed by atoms with Crippen molar-refractivity contribution >= 4 is 28.6 Å². The first-order valence-electron chi connectivity index (χ1n) is 8.94. The highest BCUT2D eigenvalue weighted by Gasteiger charge is 2.28. The largest absolute Gasteiger partial charge is 0.497 e. The fourth-order valence-electron chi connectivity index (χ4n) is 2.93. The minimum atomic E-state index is -0.643. The number of carbonyl (C=O) groups is 1. The van der Waals surface area contributed by atoms with Crippen molar-refractivity contribution in [3.05, 3.63) is 96.1 Å². The van der Waals surface area contributed by atoms with Crippen LogP contribution in [0, 0.1) is 0 Å². The van der Waals surface area contributed by atoms with Crippen LogP contribution >= 0.6 is 12.2 Å². The first-order valence-corrected chi connectivity index (χ1v) is 9.35. The third kappa shape index (κ3) is 4.63. The predicted molar refractivity (Wildman–Crippen MR) is 117 cm³/mol. The molecule has 3 aromatic carbocycles. The lowest BCUT2D eigenvalue weighted by Crippen LogP contribution is -2.33. The van der Waals surface area contributed by atoms with E-state index in [1.165, 1.54) is 0 Å². The number of rotatable bonds is 8. The number of benzene rings is 3. The second kappa shape index (κ2) is 9.26. The van der Waals surface area contributed by atoms with Crippen molar-refractivity contribution in [2.45, 2.75) is 12.1 Å². The number of carbonyl (C=O) groups excluding carboxylic acids is 1. The number of nitrogens with one attached hydrogen (secondary N) is 1. The van der Waals surface area contributed by atoms with Crippen molar-refractivity contribution in [2.75, 3.05) is 12.4 Å². The van der Waals surface area contributed by atoms with Crippen molar-refractivity contribution in [3.63, 3.8) is 0 Å². The monoisotopic (exact) mass is 390 g/mol. The smallest absolute Gasteiger partial charge is 0.198 e. The molecule has 0 bridgehead atoms. The fourth-order valence-corrected chi connectivity index (χ4v) is 3.19. The van der Waals surface area contributed by atoms with Crippen LogP contribution in [0.5, 0.6) is 5.75 Å². The van der Waals surface area contributed by atoms with Gasteiger partial charge in [0.05, 0.1) is 18.0 Å². The predicted octanol–water partition coefficient (Wildman–Crippen LogP) is 4.49. The SMILES string of the molecule is COc1cccc(NC(C(=O)C(=S)C(N)c2ccccc2)c2ccccc2)c1. The topological polar surface area (TPSA) is 64.3 Å². The van der Waals surface area contributed by atoms with E-state index in [-0.39, 0.29) is 10.6 Å². The zero-order valence-electron chi connectivity index (χ0n) is 15.5. The van der Waals surface area contributed by atoms with E-state index in [2.05, 4.69) is 5.32 Å². The molecule has 5 heteroatoms. The van der Waals surface area contributed by atoms with Gasteiger partial charge in [0, 0.05) is 11.8 Å². The van der Waals surface area contributed by atoms with Crippen molar-refractivity contribution in [1.29, 1.82) is 0 Å². The highest BCUT2D eigenvalue weighted by molar-refractivity contribution is 7.82. The zero-order valence-corrected chi connectivity index (χ0v) is 16.4. The first-order chi connectivity index (χ1) is 13.6. The Morgan fingerprint density at radius 3 is 2.14 bits per heavy atom. The summed E-state index contributed by atoms with van der Waals surface area (Å²) in [6, 6.07) is 25.0. The highest BCUT2D eigenvalue weighted by Crippen LogP contribution is 2.26. The summed E-state index contributed by atoms with van der Waals surface area (Å²) in [7, 11) is 1.60. The Labute approximate surface area is 170 Å². The van der Waals surface area contributed by atoms with Gasteiger partial charge in [-0.15, -0.1) is 0 Å². The molecule has 0 amide bonds. The van der Waals surface area contributed by atoms with Gasteiger partial charge in [-0.3, -0.25) is 4.79 Å². The van der Waals surface area contributed by atoms with E-state index in [1.807, 2.05) is 84.9 Å². The van der Waals surface area contributed by atoms with Crippen molar-refractivity contribution in [3.8, 4) is 5.75 Å². The number of hydrogen-bond acceptors (Lipinski definition) is 5. The van der Waals surface area contributed by atoms with Crippen LogP contribution in [-0.2, 0) is 4.79 Å². The number of ether oxygens (including phenoxy) is 1. The van der Waals surface area contributed by atoms with Crippen LogP contribution in [-0.4, -0.2) is 17.8 Å². The Morgan fingerprint density at radius 1 is 0.929 bits per heavy atom. The van der Waals surface area contributed by atoms with Gasteiger partial charge < -0.3 is 15.8 Å². The van der Waals surface area contributed by atoms with E-state index in [1.54, 1.807) is 7.11 Å². The molecule has 0 saturated heterocycles. The lowest BCUT2D eigenvalue weighted by molar-refractivity contribution is -0.113. The molecule has 2 unspecified atom stereocenters. The van der Waals surface area contributed by atoms with E-state index < -0.39 is 12.1 Å². The molecule has 0 fully saturated rings. The maximum Gasteiger partial charge on any atom is 0.198 e. The van der Waals surface area contributed by atoms with Crippen LogP contribution < -0.4 is 15.8 Å². The molecule has 0 aliphatic heterocycles. The average Bonchev–Trinajstić information content (AvgIpc) is 2.77. The summed E-state index contributed by atoms with van der Waals surface area (Å²) in [5.74, 6) is 0.480. The van der Waals surface area contributed by atoms with Crippen LogP contribution in [0.4, 0.5) is 5.69 Å². The summed E-state index contributed by atoms with van der Waals surface area (Å²) in [5.41, 5.74) is 8.68. The van der Waals surface area contributed by atoms with E-state index in [9.17, 15) is 4.79 Å². The van der Waals surface area contributed by atoms with Crippen molar-refractivity contribution in [1.82, 2.24) is 0 Å². The van der Waals surface area contributed by atoms with E-state index in [4.69, 9.17) is 22.7 Å². The van der Waals surface area contributed by atoms with Gasteiger partial charge in [0.2, 0.25) is 0 Å². The van der Waals surface area contributed by atoms with Gasteiger partial charge >= 0.3 is 0 Å². The maximum atomic E-state index is 13.3. The Morgan fingerprint density at radius 2 is 1.54 bits per heavy atom. The molecular weight excluding hydrogens is 368 g/mol. The summed E-state index contributed by atoms with van der Waals surface area (Å²) in [5, 5.41) is 3.28. The molecule has 142 valence electrons. The normalized spacial score (nSPS) is 12.6. The number of hydrogen-bond donors (Lipinski definition) is 2. The summed E-state index contributed by atoms with van der Waals surface area (Å²) >= 11 is 5.48. The summed E-state index contributed by atoms with van der Waals surface area (Å²) in [6.07, 6.45) is 0. The van der Waals surface area contributed by atoms with Gasteiger partial charge in [0.15, 0.2) is 5.78 Å². The standard InChI is InChI=1S/C23H22N2O2S/c1-27-19-14-8-13-18(15-19)25-21(17-11-6-3-7-12-17)22(26)23(28)20(24)16-9-4-2-5-10-16/h2-15,20-21,25H,24H2,1H3. The molecule has 0 aliphatic rings. The molecule has 28 heavy (non-hydrogen) atoms. The first kappa shape index (κ1) is 19.7. The third-order valence-corrected chi connectivity index (χ3v) is 4.91. The summed E-state index contributed by atoms with van der Waals surface area (Å²) in [6.45, 7) is 0. The molecule has 2 atom stereocenters. The van der Waals surface area contributed by atoms with Crippen LogP contribution in [0.25, 0.3) is 0 Å². The number of thiocarbonyl (C=S) groups is 1. The Bertz CT molecular complexity index is 945. The van der Waals surface area contributed by atoms with Crippen LogP contribution in [0.15, 0.2) is 84.9 Å². The Balaban J connectivity index is 1.90. The molecule has 0 aliphatic carbocycles. The molecule has 3 N–H and O–H groups in total. The fraction of sp³-hybridized carbons (Fsp3) is 0.130. The second-order valence-corrected chi connectivity index (χ2v) is 6.78. The van der Waals surface area contributed by atoms with Crippen molar-refractivity contribution in [2.24, 2.45) is 5.73 Å². The molecule has 0 spiro atoms. The molecule has 0 aromatic heterocycles. The number of Topliss-reactive ketones (excluding diaryl/α,β-unsaturated/α-hetero) is 1. The average molecular weight is 391 g/mol. The van der Waals surface area contributed by atoms with Gasteiger partial charge in [-0.25, -0.2) is 0 Å². The van der Waals surface area contributed by atoms with E-state index >= 15 is 0 Å². The minimum absolute atomic E-state index is 0.190. The van der Waals surface area contributed by atoms with Crippen LogP contribution in [0.3, 0.4) is 0 Å². The molecule has 0 radical (unpaired) electrons. The number of methoxy groups -OCH3 is 1. The van der Waals surface area contributed by atoms with Gasteiger partial charge in [-0.1, -0.05) is 78.9 Å². The van der Waals surface area contributed by atoms with Gasteiger partial charge in [0.25, 0.3) is 0 Å². The molecule has 3 aromatic rings. The van der Waals surface area contributed by atoms with E-state index in [0.29, 0.717) is 5.75 Å². The molecule has 0 saturated carbocycles. The quantitative estimate of drug-likeness (QED) is 0.555. The van der Waals surface area contributed by atoms with Crippen LogP contribution in [0.1, 0.15) is 23.2 Å². The van der Waals surface area contributed by atoms with Gasteiger partial charge in [0.1, 0.15) is 11.8 Å². The minimum Gasteiger partial charge on any atom is -0.497 e. The maximum absolute atomic E-state index is 13.3. The molecule has 3 rings (SSSR count). The number of nitrogens with two attached hydrogens (primary N) is 1. The second-order valence-electron chi connectivity index (χ2n) is 6.34. The van der Waals surface area contributed by atoms with Crippen LogP contribution in [0.2, 0.25) is 0 Å². The lowest BCUT2D eigenvalue weighted by atomic mass is 9.94. The molecular formula is C23H22N2O2S.